The van der Waals surface area contributed by atoms with Gasteiger partial charge in [-0.2, -0.15) is 0 Å². The molecule has 0 unspecified atom stereocenters. The maximum absolute atomic E-state index is 13.7. The van der Waals surface area contributed by atoms with E-state index in [9.17, 15) is 8.42 Å². The van der Waals surface area contributed by atoms with Crippen LogP contribution >= 0.6 is 0 Å². The minimum Gasteiger partial charge on any atom is -0.367 e. The minimum absolute atomic E-state index is 0.237. The van der Waals surface area contributed by atoms with E-state index >= 15 is 0 Å². The summed E-state index contributed by atoms with van der Waals surface area (Å²) in [5.41, 5.74) is 2.83. The average molecular weight is 469 g/mol. The topological polar surface area (TPSA) is 76.9 Å². The maximum atomic E-state index is 13.7. The molecule has 1 aliphatic carbocycles. The molecule has 1 fully saturated rings. The Labute approximate surface area is 198 Å². The zero-order valence-corrected chi connectivity index (χ0v) is 19.8. The van der Waals surface area contributed by atoms with Crippen LogP contribution in [0.3, 0.4) is 0 Å². The van der Waals surface area contributed by atoms with Crippen molar-refractivity contribution in [2.75, 3.05) is 5.32 Å². The average Bonchev–Trinajstić information content (AvgIpc) is 3.58. The maximum Gasteiger partial charge on any atom is 0.269 e. The molecule has 1 N–H and O–H groups in total. The van der Waals surface area contributed by atoms with Gasteiger partial charge in [0, 0.05) is 17.3 Å². The minimum atomic E-state index is -3.83. The van der Waals surface area contributed by atoms with Crippen molar-refractivity contribution in [1.29, 1.82) is 0 Å². The van der Waals surface area contributed by atoms with Crippen LogP contribution in [-0.4, -0.2) is 28.4 Å². The number of anilines is 1. The highest BCUT2D eigenvalue weighted by atomic mass is 32.2. The monoisotopic (exact) mass is 468 g/mol. The molecule has 2 aromatic heterocycles. The first kappa shape index (κ1) is 20.9. The normalized spacial score (nSPS) is 14.1. The van der Waals surface area contributed by atoms with Crippen LogP contribution in [0.2, 0.25) is 0 Å². The SMILES string of the molecule is Cc1ccc(S(=O)(=O)n2c(C)cc3c(NC4CC4)nc(-c4ccc5ccccc5c4)nc32)cc1. The van der Waals surface area contributed by atoms with Crippen LogP contribution in [-0.2, 0) is 10.0 Å². The lowest BCUT2D eigenvalue weighted by molar-refractivity contribution is 0.587. The molecule has 0 bridgehead atoms. The molecule has 0 spiro atoms. The second-order valence-corrected chi connectivity index (χ2v) is 10.8. The van der Waals surface area contributed by atoms with Crippen LogP contribution in [0, 0.1) is 13.8 Å². The van der Waals surface area contributed by atoms with E-state index in [4.69, 9.17) is 9.97 Å². The summed E-state index contributed by atoms with van der Waals surface area (Å²) in [7, 11) is -3.83. The van der Waals surface area contributed by atoms with Crippen LogP contribution < -0.4 is 5.32 Å². The van der Waals surface area contributed by atoms with Crippen molar-refractivity contribution in [2.24, 2.45) is 0 Å². The fourth-order valence-electron chi connectivity index (χ4n) is 4.29. The zero-order valence-electron chi connectivity index (χ0n) is 19.0. The summed E-state index contributed by atoms with van der Waals surface area (Å²) in [6.45, 7) is 3.73. The van der Waals surface area contributed by atoms with E-state index in [0.29, 0.717) is 34.4 Å². The summed E-state index contributed by atoms with van der Waals surface area (Å²) in [5, 5.41) is 6.41. The van der Waals surface area contributed by atoms with Gasteiger partial charge in [0.25, 0.3) is 10.0 Å². The van der Waals surface area contributed by atoms with Gasteiger partial charge < -0.3 is 5.32 Å². The van der Waals surface area contributed by atoms with Gasteiger partial charge in [0.1, 0.15) is 5.82 Å². The third-order valence-electron chi connectivity index (χ3n) is 6.28. The lowest BCUT2D eigenvalue weighted by Gasteiger charge is -2.12. The molecule has 7 heteroatoms. The largest absolute Gasteiger partial charge is 0.367 e. The van der Waals surface area contributed by atoms with Gasteiger partial charge in [-0.1, -0.05) is 54.1 Å². The van der Waals surface area contributed by atoms with Crippen LogP contribution in [0.1, 0.15) is 24.1 Å². The molecule has 0 aliphatic heterocycles. The first-order chi connectivity index (χ1) is 16.4. The van der Waals surface area contributed by atoms with E-state index in [0.717, 1.165) is 34.7 Å². The molecule has 3 aromatic carbocycles. The number of rotatable bonds is 5. The number of aromatic nitrogens is 3. The van der Waals surface area contributed by atoms with Crippen LogP contribution in [0.5, 0.6) is 0 Å². The third-order valence-corrected chi connectivity index (χ3v) is 8.09. The van der Waals surface area contributed by atoms with Gasteiger partial charge in [-0.05, 0) is 61.7 Å². The molecular weight excluding hydrogens is 444 g/mol. The van der Waals surface area contributed by atoms with E-state index in [2.05, 4.69) is 17.4 Å². The Morgan fingerprint density at radius 1 is 0.882 bits per heavy atom. The second-order valence-electron chi connectivity index (χ2n) is 8.98. The third kappa shape index (κ3) is 3.53. The van der Waals surface area contributed by atoms with Gasteiger partial charge in [-0.15, -0.1) is 0 Å². The fourth-order valence-corrected chi connectivity index (χ4v) is 5.78. The number of benzene rings is 3. The molecule has 6 nitrogen and oxygen atoms in total. The molecule has 0 saturated heterocycles. The van der Waals surface area contributed by atoms with E-state index in [1.807, 2.05) is 55.5 Å². The quantitative estimate of drug-likeness (QED) is 0.359. The highest BCUT2D eigenvalue weighted by molar-refractivity contribution is 7.90. The lowest BCUT2D eigenvalue weighted by atomic mass is 10.1. The first-order valence-electron chi connectivity index (χ1n) is 11.4. The molecule has 6 rings (SSSR count). The Balaban J connectivity index is 1.59. The summed E-state index contributed by atoms with van der Waals surface area (Å²) < 4.78 is 28.7. The predicted molar refractivity (Wildman–Crippen MR) is 136 cm³/mol. The molecule has 2 heterocycles. The Morgan fingerprint density at radius 3 is 2.35 bits per heavy atom. The Hall–Kier alpha value is -3.71. The molecule has 1 saturated carbocycles. The van der Waals surface area contributed by atoms with Gasteiger partial charge in [0.05, 0.1) is 10.3 Å². The molecule has 170 valence electrons. The van der Waals surface area contributed by atoms with Crippen molar-refractivity contribution in [1.82, 2.24) is 13.9 Å². The van der Waals surface area contributed by atoms with Crippen molar-refractivity contribution in [3.05, 3.63) is 84.1 Å². The first-order valence-corrected chi connectivity index (χ1v) is 12.8. The zero-order chi connectivity index (χ0) is 23.4. The molecule has 0 atom stereocenters. The van der Waals surface area contributed by atoms with E-state index in [-0.39, 0.29) is 4.90 Å². The number of fused-ring (bicyclic) bond motifs is 2. The fraction of sp³-hybridized carbons (Fsp3) is 0.185. The van der Waals surface area contributed by atoms with Gasteiger partial charge in [0.15, 0.2) is 11.5 Å². The van der Waals surface area contributed by atoms with Crippen molar-refractivity contribution in [2.45, 2.75) is 37.6 Å². The van der Waals surface area contributed by atoms with Gasteiger partial charge in [0.2, 0.25) is 0 Å². The molecule has 34 heavy (non-hydrogen) atoms. The van der Waals surface area contributed by atoms with Crippen molar-refractivity contribution >= 4 is 37.6 Å². The summed E-state index contributed by atoms with van der Waals surface area (Å²) >= 11 is 0. The number of nitrogens with one attached hydrogen (secondary N) is 1. The number of hydrogen-bond donors (Lipinski definition) is 1. The number of nitrogens with zero attached hydrogens (tertiary/aromatic N) is 3. The van der Waals surface area contributed by atoms with Crippen LogP contribution in [0.15, 0.2) is 77.7 Å². The second kappa shape index (κ2) is 7.67. The Bertz CT molecular complexity index is 1670. The molecule has 1 aliphatic rings. The summed E-state index contributed by atoms with van der Waals surface area (Å²) in [6, 6.07) is 23.3. The van der Waals surface area contributed by atoms with Gasteiger partial charge in [-0.3, -0.25) is 0 Å². The predicted octanol–water partition coefficient (Wildman–Crippen LogP) is 5.68. The van der Waals surface area contributed by atoms with Crippen molar-refractivity contribution in [3.8, 4) is 11.4 Å². The molecule has 0 radical (unpaired) electrons. The standard InChI is InChI=1S/C27H24N4O2S/c1-17-7-13-23(14-8-17)34(32,33)31-18(2)15-24-26(28-22-11-12-22)29-25(30-27(24)31)21-10-9-19-5-3-4-6-20(19)16-21/h3-10,13-16,22H,11-12H2,1-2H3,(H,28,29,30). The summed E-state index contributed by atoms with van der Waals surface area (Å²) in [5.74, 6) is 1.18. The van der Waals surface area contributed by atoms with Gasteiger partial charge >= 0.3 is 0 Å². The van der Waals surface area contributed by atoms with Gasteiger partial charge in [-0.25, -0.2) is 22.4 Å². The summed E-state index contributed by atoms with van der Waals surface area (Å²) in [6.07, 6.45) is 2.16. The van der Waals surface area contributed by atoms with Crippen LogP contribution in [0.25, 0.3) is 33.2 Å². The highest BCUT2D eigenvalue weighted by Gasteiger charge is 2.27. The smallest absolute Gasteiger partial charge is 0.269 e. The van der Waals surface area contributed by atoms with Crippen molar-refractivity contribution in [3.63, 3.8) is 0 Å². The van der Waals surface area contributed by atoms with E-state index in [1.54, 1.807) is 19.1 Å². The number of hydrogen-bond acceptors (Lipinski definition) is 5. The van der Waals surface area contributed by atoms with Crippen molar-refractivity contribution < 1.29 is 8.42 Å². The summed E-state index contributed by atoms with van der Waals surface area (Å²) in [4.78, 5) is 9.89. The lowest BCUT2D eigenvalue weighted by Crippen LogP contribution is -2.15. The van der Waals surface area contributed by atoms with Crippen LogP contribution in [0.4, 0.5) is 5.82 Å². The molecular formula is C27H24N4O2S. The molecule has 0 amide bonds. The molecule has 5 aromatic rings. The van der Waals surface area contributed by atoms with E-state index < -0.39 is 10.0 Å². The number of aryl methyl sites for hydroxylation is 2. The van der Waals surface area contributed by atoms with E-state index in [1.165, 1.54) is 3.97 Å². The highest BCUT2D eigenvalue weighted by Crippen LogP contribution is 2.34. The Morgan fingerprint density at radius 2 is 1.62 bits per heavy atom. The Kier molecular flexibility index (Phi) is 4.71.